The highest BCUT2D eigenvalue weighted by Crippen LogP contribution is 2.30. The molecule has 0 saturated carbocycles. The highest BCUT2D eigenvalue weighted by Gasteiger charge is 2.30. The average Bonchev–Trinajstić information content (AvgIpc) is 2.51. The van der Waals surface area contributed by atoms with Gasteiger partial charge in [0.25, 0.3) is 0 Å². The van der Waals surface area contributed by atoms with E-state index in [1.165, 1.54) is 18.2 Å². The number of amides is 1. The molecule has 1 amide bonds. The van der Waals surface area contributed by atoms with Crippen molar-refractivity contribution in [1.82, 2.24) is 0 Å². The molecule has 5 nitrogen and oxygen atoms in total. The summed E-state index contributed by atoms with van der Waals surface area (Å²) in [5.41, 5.74) is -0.740. The van der Waals surface area contributed by atoms with E-state index in [0.717, 1.165) is 28.8 Å². The number of hydrogen-bond acceptors (Lipinski definition) is 3. The molecule has 2 rings (SSSR count). The van der Waals surface area contributed by atoms with Crippen molar-refractivity contribution in [2.75, 3.05) is 22.4 Å². The maximum atomic E-state index is 12.7. The van der Waals surface area contributed by atoms with E-state index < -0.39 is 34.2 Å². The lowest BCUT2D eigenvalue weighted by atomic mass is 10.2. The van der Waals surface area contributed by atoms with Crippen LogP contribution in [0.1, 0.15) is 5.56 Å². The number of rotatable bonds is 5. The predicted octanol–water partition coefficient (Wildman–Crippen LogP) is 3.87. The van der Waals surface area contributed by atoms with Crippen LogP contribution in [0.25, 0.3) is 0 Å². The van der Waals surface area contributed by atoms with E-state index in [2.05, 4.69) is 21.2 Å². The Balaban J connectivity index is 2.21. The van der Waals surface area contributed by atoms with Crippen molar-refractivity contribution in [3.8, 4) is 0 Å². The maximum absolute atomic E-state index is 12.7. The smallest absolute Gasteiger partial charge is 0.325 e. The molecule has 0 saturated heterocycles. The first-order valence-corrected chi connectivity index (χ1v) is 9.81. The lowest BCUT2D eigenvalue weighted by Crippen LogP contribution is -2.37. The zero-order valence-corrected chi connectivity index (χ0v) is 15.8. The van der Waals surface area contributed by atoms with E-state index in [-0.39, 0.29) is 11.4 Å². The molecule has 0 unspecified atom stereocenters. The zero-order chi connectivity index (χ0) is 19.5. The number of alkyl halides is 3. The Bertz CT molecular complexity index is 917. The van der Waals surface area contributed by atoms with Gasteiger partial charge in [-0.2, -0.15) is 13.2 Å². The van der Waals surface area contributed by atoms with Crippen molar-refractivity contribution < 1.29 is 26.4 Å². The molecule has 2 aromatic carbocycles. The van der Waals surface area contributed by atoms with Gasteiger partial charge in [-0.15, -0.1) is 0 Å². The lowest BCUT2D eigenvalue weighted by Gasteiger charge is -2.22. The second kappa shape index (κ2) is 7.67. The Morgan fingerprint density at radius 2 is 1.81 bits per heavy atom. The Morgan fingerprint density at radius 3 is 2.38 bits per heavy atom. The number of nitrogens with one attached hydrogen (secondary N) is 1. The highest BCUT2D eigenvalue weighted by atomic mass is 79.9. The van der Waals surface area contributed by atoms with Gasteiger partial charge in [0.15, 0.2) is 0 Å². The monoisotopic (exact) mass is 450 g/mol. The number of carbonyl (C=O) groups is 1. The summed E-state index contributed by atoms with van der Waals surface area (Å²) in [5.74, 6) is -0.769. The molecule has 0 fully saturated rings. The first kappa shape index (κ1) is 20.2. The summed E-state index contributed by atoms with van der Waals surface area (Å²) in [6, 6.07) is 10.4. The van der Waals surface area contributed by atoms with Crippen molar-refractivity contribution in [3.05, 3.63) is 58.6 Å². The average molecular weight is 451 g/mol. The van der Waals surface area contributed by atoms with Gasteiger partial charge in [-0.1, -0.05) is 28.1 Å². The largest absolute Gasteiger partial charge is 0.416 e. The van der Waals surface area contributed by atoms with E-state index in [9.17, 15) is 26.4 Å². The molecule has 0 atom stereocenters. The van der Waals surface area contributed by atoms with E-state index >= 15 is 0 Å². The minimum absolute atomic E-state index is 0.0764. The third kappa shape index (κ3) is 5.46. The number of halogens is 4. The van der Waals surface area contributed by atoms with Crippen molar-refractivity contribution in [1.29, 1.82) is 0 Å². The molecule has 0 aromatic heterocycles. The zero-order valence-electron chi connectivity index (χ0n) is 13.4. The molecule has 140 valence electrons. The van der Waals surface area contributed by atoms with Crippen LogP contribution in [0.3, 0.4) is 0 Å². The Hall–Kier alpha value is -2.07. The molecule has 0 heterocycles. The summed E-state index contributed by atoms with van der Waals surface area (Å²) in [6.45, 7) is -0.578. The molecular formula is C16H14BrF3N2O3S. The number of anilines is 2. The van der Waals surface area contributed by atoms with Crippen LogP contribution in [-0.2, 0) is 21.0 Å². The third-order valence-corrected chi connectivity index (χ3v) is 4.89. The second-order valence-corrected chi connectivity index (χ2v) is 8.20. The van der Waals surface area contributed by atoms with Crippen molar-refractivity contribution >= 4 is 43.2 Å². The molecule has 0 spiro atoms. The van der Waals surface area contributed by atoms with Gasteiger partial charge >= 0.3 is 6.18 Å². The van der Waals surface area contributed by atoms with Crippen molar-refractivity contribution in [3.63, 3.8) is 0 Å². The van der Waals surface area contributed by atoms with Crippen LogP contribution in [0.2, 0.25) is 0 Å². The summed E-state index contributed by atoms with van der Waals surface area (Å²) in [6.07, 6.45) is -3.61. The van der Waals surface area contributed by atoms with E-state index in [4.69, 9.17) is 0 Å². The minimum Gasteiger partial charge on any atom is -0.325 e. The molecule has 0 radical (unpaired) electrons. The van der Waals surface area contributed by atoms with Crippen LogP contribution < -0.4 is 9.62 Å². The molecule has 0 aliphatic carbocycles. The third-order valence-electron chi connectivity index (χ3n) is 3.26. The van der Waals surface area contributed by atoms with Gasteiger partial charge in [0.05, 0.1) is 17.5 Å². The Morgan fingerprint density at radius 1 is 1.15 bits per heavy atom. The van der Waals surface area contributed by atoms with Crippen LogP contribution in [-0.4, -0.2) is 27.1 Å². The molecule has 0 aliphatic rings. The quantitative estimate of drug-likeness (QED) is 0.751. The molecular weight excluding hydrogens is 437 g/mol. The number of carbonyl (C=O) groups excluding carboxylic acids is 1. The Kier molecular flexibility index (Phi) is 5.97. The van der Waals surface area contributed by atoms with Crippen molar-refractivity contribution in [2.24, 2.45) is 0 Å². The summed E-state index contributed by atoms with van der Waals surface area (Å²) < 4.78 is 63.7. The second-order valence-electron chi connectivity index (χ2n) is 5.38. The fourth-order valence-corrected chi connectivity index (χ4v) is 3.37. The summed E-state index contributed by atoms with van der Waals surface area (Å²) >= 11 is 3.22. The van der Waals surface area contributed by atoms with Crippen LogP contribution >= 0.6 is 15.9 Å². The van der Waals surface area contributed by atoms with E-state index in [1.54, 1.807) is 12.1 Å². The fraction of sp³-hybridized carbons (Fsp3) is 0.188. The summed E-state index contributed by atoms with van der Waals surface area (Å²) in [7, 11) is -3.78. The van der Waals surface area contributed by atoms with Crippen molar-refractivity contribution in [2.45, 2.75) is 6.18 Å². The maximum Gasteiger partial charge on any atom is 0.416 e. The van der Waals surface area contributed by atoms with Gasteiger partial charge in [-0.25, -0.2) is 8.42 Å². The van der Waals surface area contributed by atoms with Crippen LogP contribution in [0.4, 0.5) is 24.5 Å². The molecule has 10 heteroatoms. The lowest BCUT2D eigenvalue weighted by molar-refractivity contribution is -0.137. The highest BCUT2D eigenvalue weighted by molar-refractivity contribution is 9.10. The number of sulfonamides is 1. The van der Waals surface area contributed by atoms with Gasteiger partial charge < -0.3 is 5.32 Å². The number of benzene rings is 2. The van der Waals surface area contributed by atoms with Gasteiger partial charge in [0.2, 0.25) is 15.9 Å². The molecule has 2 aromatic rings. The molecule has 0 bridgehead atoms. The Labute approximate surface area is 157 Å². The van der Waals surface area contributed by atoms with Gasteiger partial charge in [0.1, 0.15) is 6.54 Å². The molecule has 0 aliphatic heterocycles. The normalized spacial score (nSPS) is 11.9. The van der Waals surface area contributed by atoms with E-state index in [1.807, 2.05) is 0 Å². The number of hydrogen-bond donors (Lipinski definition) is 1. The summed E-state index contributed by atoms with van der Waals surface area (Å²) in [4.78, 5) is 12.2. The van der Waals surface area contributed by atoms with Gasteiger partial charge in [-0.3, -0.25) is 9.10 Å². The van der Waals surface area contributed by atoms with E-state index in [0.29, 0.717) is 4.47 Å². The first-order chi connectivity index (χ1) is 12.0. The predicted molar refractivity (Wildman–Crippen MR) is 96.4 cm³/mol. The van der Waals surface area contributed by atoms with Crippen LogP contribution in [0.5, 0.6) is 0 Å². The minimum atomic E-state index is -4.55. The molecule has 26 heavy (non-hydrogen) atoms. The van der Waals surface area contributed by atoms with Gasteiger partial charge in [-0.05, 0) is 36.4 Å². The standard InChI is InChI=1S/C16H14BrF3N2O3S/c1-26(24,25)22(14-7-3-5-12(17)9-14)10-15(23)21-13-6-2-4-11(8-13)16(18,19)20/h2-9H,10H2,1H3,(H,21,23). The molecule has 1 N–H and O–H groups in total. The SMILES string of the molecule is CS(=O)(=O)N(CC(=O)Nc1cccc(C(F)(F)F)c1)c1cccc(Br)c1. The fourth-order valence-electron chi connectivity index (χ4n) is 2.14. The van der Waals surface area contributed by atoms with Crippen LogP contribution in [0, 0.1) is 0 Å². The van der Waals surface area contributed by atoms with Crippen LogP contribution in [0.15, 0.2) is 53.0 Å². The number of nitrogens with zero attached hydrogens (tertiary/aromatic N) is 1. The first-order valence-electron chi connectivity index (χ1n) is 7.17. The van der Waals surface area contributed by atoms with Gasteiger partial charge in [0, 0.05) is 10.2 Å². The topological polar surface area (TPSA) is 66.5 Å². The summed E-state index contributed by atoms with van der Waals surface area (Å²) in [5, 5.41) is 2.28.